The smallest absolute Gasteiger partial charge is 0.310 e. The van der Waals surface area contributed by atoms with Crippen LogP contribution in [0.1, 0.15) is 24.6 Å². The minimum absolute atomic E-state index is 0.0348. The zero-order valence-corrected chi connectivity index (χ0v) is 12.6. The van der Waals surface area contributed by atoms with E-state index < -0.39 is 12.4 Å². The van der Waals surface area contributed by atoms with Crippen LogP contribution in [0.25, 0.3) is 0 Å². The highest BCUT2D eigenvalue weighted by molar-refractivity contribution is 14.1. The fraction of sp³-hybridized carbons (Fsp3) is 0.400. The average molecular weight is 420 g/mol. The van der Waals surface area contributed by atoms with Crippen molar-refractivity contribution in [3.8, 4) is 0 Å². The molecule has 1 aromatic heterocycles. The van der Waals surface area contributed by atoms with Gasteiger partial charge in [-0.25, -0.2) is 13.8 Å². The molecule has 0 aliphatic carbocycles. The van der Waals surface area contributed by atoms with E-state index in [2.05, 4.69) is 20.9 Å². The summed E-state index contributed by atoms with van der Waals surface area (Å²) in [5.41, 5.74) is 0.167. The molecule has 7 heteroatoms. The molecule has 0 bridgehead atoms. The Labute approximate surface area is 119 Å². The molecule has 1 heterocycles. The lowest BCUT2D eigenvalue weighted by Crippen LogP contribution is -2.10. The normalized spacial score (nSPS) is 10.7. The van der Waals surface area contributed by atoms with Gasteiger partial charge >= 0.3 is 5.97 Å². The summed E-state index contributed by atoms with van der Waals surface area (Å²) in [7, 11) is 0. The Kier molecular flexibility index (Phi) is 5.71. The number of hydrogen-bond acceptors (Lipinski definition) is 3. The van der Waals surface area contributed by atoms with E-state index in [1.54, 1.807) is 35.6 Å². The summed E-state index contributed by atoms with van der Waals surface area (Å²) in [6.45, 7) is 1.96. The standard InChI is InChI=1S/C10H9BrF2INO2/c1-2-17-7(16)4-5-3-6(11)15-9(8(5)14)10(12)13/h3,10H,2,4H2,1H3. The molecule has 0 amide bonds. The van der Waals surface area contributed by atoms with Crippen molar-refractivity contribution in [1.29, 1.82) is 0 Å². The van der Waals surface area contributed by atoms with E-state index in [1.165, 1.54) is 0 Å². The molecule has 0 radical (unpaired) electrons. The maximum atomic E-state index is 12.7. The van der Waals surface area contributed by atoms with Crippen LogP contribution < -0.4 is 0 Å². The van der Waals surface area contributed by atoms with Crippen LogP contribution in [0, 0.1) is 3.57 Å². The van der Waals surface area contributed by atoms with E-state index in [0.29, 0.717) is 9.13 Å². The zero-order chi connectivity index (χ0) is 13.0. The third-order valence-corrected chi connectivity index (χ3v) is 3.53. The lowest BCUT2D eigenvalue weighted by Gasteiger charge is -2.09. The fourth-order valence-corrected chi connectivity index (χ4v) is 2.38. The van der Waals surface area contributed by atoms with Crippen molar-refractivity contribution in [2.24, 2.45) is 0 Å². The van der Waals surface area contributed by atoms with Crippen molar-refractivity contribution < 1.29 is 18.3 Å². The minimum atomic E-state index is -2.67. The number of nitrogens with zero attached hydrogens (tertiary/aromatic N) is 1. The van der Waals surface area contributed by atoms with Crippen LogP contribution >= 0.6 is 38.5 Å². The molecule has 0 aliphatic heterocycles. The number of halogens is 4. The Bertz CT molecular complexity index is 429. The quantitative estimate of drug-likeness (QED) is 0.426. The first-order valence-corrected chi connectivity index (χ1v) is 6.61. The predicted octanol–water partition coefficient (Wildman–Crippen LogP) is 3.49. The number of carbonyl (C=O) groups excluding carboxylic acids is 1. The monoisotopic (exact) mass is 419 g/mol. The molecule has 3 nitrogen and oxygen atoms in total. The minimum Gasteiger partial charge on any atom is -0.466 e. The molecule has 0 spiro atoms. The number of pyridine rings is 1. The number of ether oxygens (including phenoxy) is 1. The van der Waals surface area contributed by atoms with Gasteiger partial charge in [0, 0.05) is 3.57 Å². The van der Waals surface area contributed by atoms with Crippen molar-refractivity contribution in [2.45, 2.75) is 19.8 Å². The molecule has 0 aliphatic rings. The number of aromatic nitrogens is 1. The van der Waals surface area contributed by atoms with Crippen LogP contribution in [0.2, 0.25) is 0 Å². The molecule has 0 atom stereocenters. The summed E-state index contributed by atoms with van der Waals surface area (Å²) in [4.78, 5) is 15.0. The van der Waals surface area contributed by atoms with Gasteiger partial charge in [0.05, 0.1) is 13.0 Å². The first-order valence-electron chi connectivity index (χ1n) is 4.74. The van der Waals surface area contributed by atoms with Crippen molar-refractivity contribution in [2.75, 3.05) is 6.61 Å². The number of carbonyl (C=O) groups is 1. The summed E-state index contributed by atoms with van der Waals surface area (Å²) >= 11 is 4.81. The lowest BCUT2D eigenvalue weighted by molar-refractivity contribution is -0.142. The second-order valence-corrected chi connectivity index (χ2v) is 4.98. The van der Waals surface area contributed by atoms with Gasteiger partial charge in [-0.1, -0.05) is 0 Å². The maximum absolute atomic E-state index is 12.7. The molecule has 94 valence electrons. The molecule has 0 saturated heterocycles. The number of esters is 1. The first-order chi connectivity index (χ1) is 7.95. The lowest BCUT2D eigenvalue weighted by atomic mass is 10.1. The van der Waals surface area contributed by atoms with Crippen LogP contribution in [0.5, 0.6) is 0 Å². The fourth-order valence-electron chi connectivity index (χ4n) is 1.21. The Balaban J connectivity index is 3.03. The molecule has 1 aromatic rings. The van der Waals surface area contributed by atoms with E-state index in [4.69, 9.17) is 4.74 Å². The third kappa shape index (κ3) is 4.13. The van der Waals surface area contributed by atoms with Gasteiger partial charge in [0.25, 0.3) is 6.43 Å². The summed E-state index contributed by atoms with van der Waals surface area (Å²) in [5, 5.41) is 0. The number of rotatable bonds is 4. The second-order valence-electron chi connectivity index (χ2n) is 3.09. The van der Waals surface area contributed by atoms with Gasteiger partial charge in [-0.15, -0.1) is 0 Å². The summed E-state index contributed by atoms with van der Waals surface area (Å²) in [6.07, 6.45) is -2.70. The maximum Gasteiger partial charge on any atom is 0.310 e. The van der Waals surface area contributed by atoms with Crippen molar-refractivity contribution in [3.63, 3.8) is 0 Å². The van der Waals surface area contributed by atoms with Crippen molar-refractivity contribution >= 4 is 44.5 Å². The van der Waals surface area contributed by atoms with Crippen molar-refractivity contribution in [3.05, 3.63) is 25.5 Å². The first kappa shape index (κ1) is 14.7. The summed E-state index contributed by atoms with van der Waals surface area (Å²) in [6, 6.07) is 1.55. The Morgan fingerprint density at radius 3 is 2.82 bits per heavy atom. The molecule has 0 fully saturated rings. The third-order valence-electron chi connectivity index (χ3n) is 1.87. The SMILES string of the molecule is CCOC(=O)Cc1cc(Br)nc(C(F)F)c1I. The van der Waals surface area contributed by atoms with Crippen LogP contribution in [0.15, 0.2) is 10.7 Å². The van der Waals surface area contributed by atoms with Gasteiger partial charge in [0.15, 0.2) is 0 Å². The van der Waals surface area contributed by atoms with Crippen LogP contribution in [0.4, 0.5) is 8.78 Å². The van der Waals surface area contributed by atoms with Gasteiger partial charge in [0.1, 0.15) is 10.3 Å². The second kappa shape index (κ2) is 6.58. The molecule has 0 aromatic carbocycles. The van der Waals surface area contributed by atoms with Gasteiger partial charge in [-0.05, 0) is 57.1 Å². The predicted molar refractivity (Wildman–Crippen MR) is 69.9 cm³/mol. The molecule has 17 heavy (non-hydrogen) atoms. The highest BCUT2D eigenvalue weighted by Crippen LogP contribution is 2.28. The average Bonchev–Trinajstić information content (AvgIpc) is 2.22. The van der Waals surface area contributed by atoms with E-state index in [0.717, 1.165) is 0 Å². The number of hydrogen-bond donors (Lipinski definition) is 0. The van der Waals surface area contributed by atoms with Crippen LogP contribution in [-0.4, -0.2) is 17.6 Å². The molecular weight excluding hydrogens is 411 g/mol. The molecular formula is C10H9BrF2INO2. The molecule has 0 unspecified atom stereocenters. The topological polar surface area (TPSA) is 39.2 Å². The molecule has 0 N–H and O–H groups in total. The summed E-state index contributed by atoms with van der Waals surface area (Å²) in [5.74, 6) is -0.441. The largest absolute Gasteiger partial charge is 0.466 e. The van der Waals surface area contributed by atoms with E-state index >= 15 is 0 Å². The van der Waals surface area contributed by atoms with E-state index in [1.807, 2.05) is 0 Å². The van der Waals surface area contributed by atoms with Crippen LogP contribution in [0.3, 0.4) is 0 Å². The Morgan fingerprint density at radius 2 is 2.29 bits per heavy atom. The molecule has 0 saturated carbocycles. The van der Waals surface area contributed by atoms with Gasteiger partial charge in [-0.3, -0.25) is 4.79 Å². The van der Waals surface area contributed by atoms with Gasteiger partial charge in [-0.2, -0.15) is 0 Å². The Morgan fingerprint density at radius 1 is 1.65 bits per heavy atom. The highest BCUT2D eigenvalue weighted by Gasteiger charge is 2.19. The molecule has 1 rings (SSSR count). The van der Waals surface area contributed by atoms with E-state index in [9.17, 15) is 13.6 Å². The number of alkyl halides is 2. The van der Waals surface area contributed by atoms with Crippen LogP contribution in [-0.2, 0) is 16.0 Å². The van der Waals surface area contributed by atoms with Gasteiger partial charge in [0.2, 0.25) is 0 Å². The van der Waals surface area contributed by atoms with Gasteiger partial charge < -0.3 is 4.74 Å². The summed E-state index contributed by atoms with van der Waals surface area (Å²) < 4.78 is 30.7. The van der Waals surface area contributed by atoms with E-state index in [-0.39, 0.29) is 23.3 Å². The zero-order valence-electron chi connectivity index (χ0n) is 8.84. The Hall–Kier alpha value is -0.310. The van der Waals surface area contributed by atoms with Crippen molar-refractivity contribution in [1.82, 2.24) is 4.98 Å². The highest BCUT2D eigenvalue weighted by atomic mass is 127.